The number of rotatable bonds is 3. The molecular weight excluding hydrogens is 224 g/mol. The van der Waals surface area contributed by atoms with Gasteiger partial charge in [0.15, 0.2) is 0 Å². The number of nitrogens with two attached hydrogens (primary N) is 1. The Morgan fingerprint density at radius 1 is 1.17 bits per heavy atom. The van der Waals surface area contributed by atoms with E-state index in [-0.39, 0.29) is 0 Å². The second kappa shape index (κ2) is 4.22. The van der Waals surface area contributed by atoms with Gasteiger partial charge in [-0.25, -0.2) is 9.13 Å². The number of nitrogens with zero attached hydrogens (tertiary/aromatic N) is 3. The van der Waals surface area contributed by atoms with Crippen LogP contribution in [0, 0.1) is 0 Å². The van der Waals surface area contributed by atoms with Crippen molar-refractivity contribution in [1.29, 1.82) is 0 Å². The first-order valence-corrected chi connectivity index (χ1v) is 6.08. The molecule has 0 atom stereocenters. The van der Waals surface area contributed by atoms with Gasteiger partial charge in [0.1, 0.15) is 18.9 Å². The molecule has 0 saturated carbocycles. The highest BCUT2D eigenvalue weighted by atomic mass is 15.1. The highest BCUT2D eigenvalue weighted by Crippen LogP contribution is 2.21. The zero-order chi connectivity index (χ0) is 12.5. The molecular formula is C14H17N4+. The smallest absolute Gasteiger partial charge is 0.243 e. The molecule has 0 aliphatic carbocycles. The van der Waals surface area contributed by atoms with Crippen LogP contribution < -0.4 is 10.3 Å². The van der Waals surface area contributed by atoms with E-state index in [1.165, 1.54) is 5.52 Å². The summed E-state index contributed by atoms with van der Waals surface area (Å²) >= 11 is 0. The molecule has 2 aromatic heterocycles. The van der Waals surface area contributed by atoms with Crippen molar-refractivity contribution in [3.05, 3.63) is 49.2 Å². The topological polar surface area (TPSA) is 39.8 Å². The molecule has 0 amide bonds. The van der Waals surface area contributed by atoms with Gasteiger partial charge in [0.25, 0.3) is 0 Å². The summed E-state index contributed by atoms with van der Waals surface area (Å²) in [6.45, 7) is 1.90. The first kappa shape index (κ1) is 10.9. The predicted molar refractivity (Wildman–Crippen MR) is 72.0 cm³/mol. The van der Waals surface area contributed by atoms with Gasteiger partial charge in [0, 0.05) is 17.3 Å². The van der Waals surface area contributed by atoms with Gasteiger partial charge in [-0.3, -0.25) is 0 Å². The van der Waals surface area contributed by atoms with Crippen molar-refractivity contribution < 1.29 is 4.57 Å². The fourth-order valence-corrected chi connectivity index (χ4v) is 2.30. The molecule has 0 aliphatic heterocycles. The molecule has 18 heavy (non-hydrogen) atoms. The van der Waals surface area contributed by atoms with Crippen molar-refractivity contribution >= 4 is 16.6 Å². The van der Waals surface area contributed by atoms with E-state index in [0.717, 1.165) is 24.2 Å². The molecule has 3 rings (SSSR count). The van der Waals surface area contributed by atoms with E-state index in [0.29, 0.717) is 0 Å². The molecule has 0 unspecified atom stereocenters. The van der Waals surface area contributed by atoms with E-state index in [4.69, 9.17) is 5.73 Å². The number of nitrogen functional groups attached to an aromatic ring is 1. The number of hydrogen-bond acceptors (Lipinski definition) is 1. The molecule has 2 N–H and O–H groups in total. The lowest BCUT2D eigenvalue weighted by Crippen LogP contribution is -2.24. The molecule has 2 heterocycles. The van der Waals surface area contributed by atoms with Gasteiger partial charge in [-0.1, -0.05) is 6.07 Å². The minimum Gasteiger partial charge on any atom is -0.398 e. The van der Waals surface area contributed by atoms with E-state index in [1.807, 2.05) is 29.9 Å². The molecule has 92 valence electrons. The number of benzene rings is 1. The average Bonchev–Trinajstić information content (AvgIpc) is 2.94. The molecule has 3 aromatic rings. The largest absolute Gasteiger partial charge is 0.398 e. The zero-order valence-electron chi connectivity index (χ0n) is 10.5. The summed E-state index contributed by atoms with van der Waals surface area (Å²) in [5.74, 6) is 0. The Kier molecular flexibility index (Phi) is 2.55. The third kappa shape index (κ3) is 1.86. The number of hydrogen-bond donors (Lipinski definition) is 1. The number of aromatic nitrogens is 3. The van der Waals surface area contributed by atoms with E-state index >= 15 is 0 Å². The summed E-state index contributed by atoms with van der Waals surface area (Å²) < 4.78 is 6.47. The monoisotopic (exact) mass is 241 g/mol. The van der Waals surface area contributed by atoms with E-state index in [2.05, 4.69) is 40.0 Å². The molecule has 0 radical (unpaired) electrons. The van der Waals surface area contributed by atoms with Crippen molar-refractivity contribution in [3.63, 3.8) is 0 Å². The summed E-state index contributed by atoms with van der Waals surface area (Å²) in [7, 11) is 2.03. The second-order valence-electron chi connectivity index (χ2n) is 4.61. The summed E-state index contributed by atoms with van der Waals surface area (Å²) in [4.78, 5) is 0. The molecule has 0 fully saturated rings. The van der Waals surface area contributed by atoms with Crippen molar-refractivity contribution in [3.8, 4) is 0 Å². The lowest BCUT2D eigenvalue weighted by Gasteiger charge is -2.04. The lowest BCUT2D eigenvalue weighted by molar-refractivity contribution is -0.671. The van der Waals surface area contributed by atoms with Gasteiger partial charge >= 0.3 is 0 Å². The molecule has 0 spiro atoms. The van der Waals surface area contributed by atoms with Gasteiger partial charge in [-0.05, 0) is 18.2 Å². The van der Waals surface area contributed by atoms with Crippen molar-refractivity contribution in [2.45, 2.75) is 13.1 Å². The maximum absolute atomic E-state index is 5.96. The predicted octanol–water partition coefficient (Wildman–Crippen LogP) is 1.55. The van der Waals surface area contributed by atoms with E-state index in [1.54, 1.807) is 0 Å². The maximum Gasteiger partial charge on any atom is 0.243 e. The van der Waals surface area contributed by atoms with Crippen LogP contribution in [0.5, 0.6) is 0 Å². The van der Waals surface area contributed by atoms with Gasteiger partial charge < -0.3 is 10.3 Å². The van der Waals surface area contributed by atoms with Gasteiger partial charge in [0.2, 0.25) is 6.33 Å². The maximum atomic E-state index is 5.96. The summed E-state index contributed by atoms with van der Waals surface area (Å²) in [5.41, 5.74) is 8.00. The number of imidazole rings is 1. The minimum atomic E-state index is 0.846. The van der Waals surface area contributed by atoms with Crippen LogP contribution in [-0.4, -0.2) is 9.13 Å². The summed E-state index contributed by atoms with van der Waals surface area (Å²) in [6.07, 6.45) is 8.32. The summed E-state index contributed by atoms with van der Waals surface area (Å²) in [5, 5.41) is 1.13. The van der Waals surface area contributed by atoms with Gasteiger partial charge in [-0.15, -0.1) is 0 Å². The Morgan fingerprint density at radius 2 is 2.06 bits per heavy atom. The Labute approximate surface area is 106 Å². The van der Waals surface area contributed by atoms with Gasteiger partial charge in [-0.2, -0.15) is 0 Å². The Bertz CT molecular complexity index is 678. The average molecular weight is 241 g/mol. The van der Waals surface area contributed by atoms with Crippen LogP contribution in [0.15, 0.2) is 49.2 Å². The molecule has 1 aromatic carbocycles. The van der Waals surface area contributed by atoms with Crippen LogP contribution in [0.1, 0.15) is 0 Å². The standard InChI is InChI=1S/C14H17N4/c1-16-7-8-17(11-16)9-10-18-6-5-12-13(15)3-2-4-14(12)18/h2-8,11H,9-10,15H2,1H3/q+1. The lowest BCUT2D eigenvalue weighted by atomic mass is 10.2. The quantitative estimate of drug-likeness (QED) is 0.548. The van der Waals surface area contributed by atoms with Crippen molar-refractivity contribution in [1.82, 2.24) is 9.13 Å². The molecule has 4 nitrogen and oxygen atoms in total. The van der Waals surface area contributed by atoms with Crippen LogP contribution in [0.2, 0.25) is 0 Å². The third-order valence-electron chi connectivity index (χ3n) is 3.27. The zero-order valence-corrected chi connectivity index (χ0v) is 10.5. The highest BCUT2D eigenvalue weighted by molar-refractivity contribution is 5.91. The third-order valence-corrected chi connectivity index (χ3v) is 3.27. The van der Waals surface area contributed by atoms with Crippen LogP contribution in [0.4, 0.5) is 5.69 Å². The number of fused-ring (bicyclic) bond motifs is 1. The molecule has 0 bridgehead atoms. The molecule has 0 aliphatic rings. The number of aryl methyl sites for hydroxylation is 3. The van der Waals surface area contributed by atoms with Gasteiger partial charge in [0.05, 0.1) is 19.1 Å². The first-order valence-electron chi connectivity index (χ1n) is 6.08. The molecule has 0 saturated heterocycles. The summed E-state index contributed by atoms with van der Waals surface area (Å²) in [6, 6.07) is 8.14. The normalized spacial score (nSPS) is 11.2. The van der Waals surface area contributed by atoms with Crippen LogP contribution in [0.3, 0.4) is 0 Å². The SMILES string of the molecule is C[n+]1ccn(CCn2ccc3c(N)cccc32)c1. The fraction of sp³-hybridized carbons (Fsp3) is 0.214. The minimum absolute atomic E-state index is 0.846. The highest BCUT2D eigenvalue weighted by Gasteiger charge is 2.05. The fourth-order valence-electron chi connectivity index (χ4n) is 2.30. The van der Waals surface area contributed by atoms with Crippen molar-refractivity contribution in [2.75, 3.05) is 5.73 Å². The Hall–Kier alpha value is -2.23. The Morgan fingerprint density at radius 3 is 2.83 bits per heavy atom. The van der Waals surface area contributed by atoms with Crippen LogP contribution >= 0.6 is 0 Å². The van der Waals surface area contributed by atoms with E-state index < -0.39 is 0 Å². The number of anilines is 1. The first-order chi connectivity index (χ1) is 8.74. The van der Waals surface area contributed by atoms with Crippen LogP contribution in [-0.2, 0) is 20.1 Å². The Balaban J connectivity index is 1.85. The molecule has 4 heteroatoms. The van der Waals surface area contributed by atoms with Crippen LogP contribution in [0.25, 0.3) is 10.9 Å². The van der Waals surface area contributed by atoms with Crippen molar-refractivity contribution in [2.24, 2.45) is 7.05 Å². The second-order valence-corrected chi connectivity index (χ2v) is 4.61. The van der Waals surface area contributed by atoms with E-state index in [9.17, 15) is 0 Å².